The van der Waals surface area contributed by atoms with E-state index >= 15 is 0 Å². The molecule has 3 aliphatic rings. The molecule has 5 atom stereocenters. The maximum atomic E-state index is 11.4. The van der Waals surface area contributed by atoms with Crippen LogP contribution >= 0.6 is 0 Å². The number of fused-ring (bicyclic) bond motifs is 5. The molecule has 2 heteroatoms. The van der Waals surface area contributed by atoms with Crippen molar-refractivity contribution in [3.8, 4) is 5.75 Å². The average molecular weight is 314 g/mol. The van der Waals surface area contributed by atoms with Crippen molar-refractivity contribution in [3.05, 3.63) is 29.3 Å². The molecule has 0 heterocycles. The Hall–Kier alpha value is -1.02. The van der Waals surface area contributed by atoms with Gasteiger partial charge in [-0.05, 0) is 90.9 Å². The predicted octanol–water partition coefficient (Wildman–Crippen LogP) is 4.64. The summed E-state index contributed by atoms with van der Waals surface area (Å²) in [6.45, 7) is 6.75. The summed E-state index contributed by atoms with van der Waals surface area (Å²) < 4.78 is 0. The van der Waals surface area contributed by atoms with Gasteiger partial charge in [-0.2, -0.15) is 0 Å². The van der Waals surface area contributed by atoms with E-state index in [0.717, 1.165) is 19.3 Å². The number of phenols is 1. The van der Waals surface area contributed by atoms with Crippen molar-refractivity contribution in [2.45, 2.75) is 70.8 Å². The van der Waals surface area contributed by atoms with Gasteiger partial charge < -0.3 is 10.2 Å². The van der Waals surface area contributed by atoms with Gasteiger partial charge in [-0.15, -0.1) is 0 Å². The Morgan fingerprint density at radius 3 is 2.65 bits per heavy atom. The Balaban J connectivity index is 1.70. The SMILES string of the molecule is CC(C)[C@@]1(O)CC[C@@H]2[C@H]3CCc4cc(O)ccc4[C@@H]3CC[C@@]21C. The van der Waals surface area contributed by atoms with E-state index < -0.39 is 5.60 Å². The highest BCUT2D eigenvalue weighted by atomic mass is 16.3. The molecule has 2 nitrogen and oxygen atoms in total. The zero-order valence-corrected chi connectivity index (χ0v) is 14.7. The van der Waals surface area contributed by atoms with Gasteiger partial charge in [0.05, 0.1) is 5.60 Å². The summed E-state index contributed by atoms with van der Waals surface area (Å²) in [5, 5.41) is 21.2. The Labute approximate surface area is 139 Å². The Morgan fingerprint density at radius 2 is 1.91 bits per heavy atom. The van der Waals surface area contributed by atoms with Crippen LogP contribution in [0.5, 0.6) is 5.75 Å². The summed E-state index contributed by atoms with van der Waals surface area (Å²) in [4.78, 5) is 0. The average Bonchev–Trinajstić information content (AvgIpc) is 2.80. The van der Waals surface area contributed by atoms with Crippen LogP contribution in [0.4, 0.5) is 0 Å². The fraction of sp³-hybridized carbons (Fsp3) is 0.714. The van der Waals surface area contributed by atoms with Crippen LogP contribution in [0, 0.1) is 23.2 Å². The van der Waals surface area contributed by atoms with E-state index in [0.29, 0.717) is 29.4 Å². The summed E-state index contributed by atoms with van der Waals surface area (Å²) in [6.07, 6.45) is 6.77. The highest BCUT2D eigenvalue weighted by molar-refractivity contribution is 5.40. The van der Waals surface area contributed by atoms with Crippen molar-refractivity contribution in [2.24, 2.45) is 23.2 Å². The van der Waals surface area contributed by atoms with Crippen molar-refractivity contribution in [1.82, 2.24) is 0 Å². The Kier molecular flexibility index (Phi) is 3.36. The topological polar surface area (TPSA) is 40.5 Å². The quantitative estimate of drug-likeness (QED) is 0.793. The van der Waals surface area contributed by atoms with E-state index in [1.165, 1.54) is 30.4 Å². The molecule has 0 aromatic heterocycles. The third-order valence-corrected chi connectivity index (χ3v) is 7.88. The first-order valence-corrected chi connectivity index (χ1v) is 9.41. The third kappa shape index (κ3) is 1.97. The zero-order valence-electron chi connectivity index (χ0n) is 14.7. The zero-order chi connectivity index (χ0) is 16.4. The highest BCUT2D eigenvalue weighted by Gasteiger charge is 2.62. The fourth-order valence-corrected chi connectivity index (χ4v) is 6.57. The summed E-state index contributed by atoms with van der Waals surface area (Å²) in [5.41, 5.74) is 2.42. The summed E-state index contributed by atoms with van der Waals surface area (Å²) in [6, 6.07) is 5.99. The van der Waals surface area contributed by atoms with Crippen molar-refractivity contribution in [1.29, 1.82) is 0 Å². The minimum atomic E-state index is -0.488. The molecule has 2 fully saturated rings. The van der Waals surface area contributed by atoms with Crippen LogP contribution in [0.2, 0.25) is 0 Å². The second-order valence-electron chi connectivity index (χ2n) is 8.87. The number of benzene rings is 1. The fourth-order valence-electron chi connectivity index (χ4n) is 6.57. The maximum Gasteiger partial charge on any atom is 0.115 e. The minimum Gasteiger partial charge on any atom is -0.508 e. The predicted molar refractivity (Wildman–Crippen MR) is 92.5 cm³/mol. The first-order chi connectivity index (χ1) is 10.9. The van der Waals surface area contributed by atoms with Crippen molar-refractivity contribution in [3.63, 3.8) is 0 Å². The van der Waals surface area contributed by atoms with Gasteiger partial charge in [0.15, 0.2) is 0 Å². The van der Waals surface area contributed by atoms with E-state index in [1.54, 1.807) is 0 Å². The highest BCUT2D eigenvalue weighted by Crippen LogP contribution is 2.65. The molecule has 0 bridgehead atoms. The molecular weight excluding hydrogens is 284 g/mol. The minimum absolute atomic E-state index is 0.0801. The van der Waals surface area contributed by atoms with E-state index in [-0.39, 0.29) is 5.41 Å². The molecule has 0 unspecified atom stereocenters. The molecule has 2 saturated carbocycles. The van der Waals surface area contributed by atoms with Crippen LogP contribution in [-0.4, -0.2) is 15.8 Å². The van der Waals surface area contributed by atoms with Crippen LogP contribution in [0.1, 0.15) is 69.9 Å². The van der Waals surface area contributed by atoms with Crippen LogP contribution in [0.25, 0.3) is 0 Å². The molecule has 1 aromatic carbocycles. The first kappa shape index (κ1) is 15.5. The van der Waals surface area contributed by atoms with Crippen LogP contribution < -0.4 is 0 Å². The van der Waals surface area contributed by atoms with Gasteiger partial charge in [0.2, 0.25) is 0 Å². The molecule has 3 aliphatic carbocycles. The Bertz CT molecular complexity index is 622. The van der Waals surface area contributed by atoms with Gasteiger partial charge in [0.25, 0.3) is 0 Å². The number of hydrogen-bond donors (Lipinski definition) is 2. The second kappa shape index (κ2) is 4.99. The lowest BCUT2D eigenvalue weighted by Crippen LogP contribution is -2.53. The van der Waals surface area contributed by atoms with Gasteiger partial charge in [0, 0.05) is 0 Å². The van der Waals surface area contributed by atoms with E-state index in [9.17, 15) is 10.2 Å². The summed E-state index contributed by atoms with van der Waals surface area (Å²) in [5.74, 6) is 2.72. The van der Waals surface area contributed by atoms with Crippen molar-refractivity contribution in [2.75, 3.05) is 0 Å². The van der Waals surface area contributed by atoms with E-state index in [4.69, 9.17) is 0 Å². The lowest BCUT2D eigenvalue weighted by molar-refractivity contribution is -0.129. The molecular formula is C21H30O2. The molecule has 1 aromatic rings. The molecule has 0 radical (unpaired) electrons. The lowest BCUT2D eigenvalue weighted by atomic mass is 9.52. The smallest absolute Gasteiger partial charge is 0.115 e. The molecule has 4 rings (SSSR count). The maximum absolute atomic E-state index is 11.4. The number of aliphatic hydroxyl groups is 1. The lowest BCUT2D eigenvalue weighted by Gasteiger charge is -2.54. The van der Waals surface area contributed by atoms with Gasteiger partial charge in [-0.25, -0.2) is 0 Å². The molecule has 2 N–H and O–H groups in total. The third-order valence-electron chi connectivity index (χ3n) is 7.88. The number of aryl methyl sites for hydroxylation is 1. The number of phenolic OH excluding ortho intramolecular Hbond substituents is 1. The largest absolute Gasteiger partial charge is 0.508 e. The summed E-state index contributed by atoms with van der Waals surface area (Å²) in [7, 11) is 0. The summed E-state index contributed by atoms with van der Waals surface area (Å²) >= 11 is 0. The van der Waals surface area contributed by atoms with Gasteiger partial charge in [-0.1, -0.05) is 26.8 Å². The van der Waals surface area contributed by atoms with Gasteiger partial charge in [-0.3, -0.25) is 0 Å². The monoisotopic (exact) mass is 314 g/mol. The number of rotatable bonds is 1. The van der Waals surface area contributed by atoms with Crippen LogP contribution in [0.3, 0.4) is 0 Å². The molecule has 0 spiro atoms. The van der Waals surface area contributed by atoms with Gasteiger partial charge in [0.1, 0.15) is 5.75 Å². The van der Waals surface area contributed by atoms with Crippen molar-refractivity contribution >= 4 is 0 Å². The van der Waals surface area contributed by atoms with Crippen molar-refractivity contribution < 1.29 is 10.2 Å². The normalized spacial score (nSPS) is 42.2. The van der Waals surface area contributed by atoms with Gasteiger partial charge >= 0.3 is 0 Å². The molecule has 23 heavy (non-hydrogen) atoms. The van der Waals surface area contributed by atoms with Crippen LogP contribution in [0.15, 0.2) is 18.2 Å². The number of hydrogen-bond acceptors (Lipinski definition) is 2. The molecule has 0 saturated heterocycles. The standard InChI is InChI=1S/C21H30O2/c1-13(2)21(23)11-9-19-18-6-4-14-12-15(22)5-7-16(14)17(18)8-10-20(19,21)3/h5,7,12-13,17-19,22-23H,4,6,8-11H2,1-3H3/t17-,18-,19+,20-,21-/m0/s1. The van der Waals surface area contributed by atoms with E-state index in [1.807, 2.05) is 12.1 Å². The van der Waals surface area contributed by atoms with Crippen LogP contribution in [-0.2, 0) is 6.42 Å². The molecule has 126 valence electrons. The molecule has 0 aliphatic heterocycles. The Morgan fingerprint density at radius 1 is 1.13 bits per heavy atom. The van der Waals surface area contributed by atoms with E-state index in [2.05, 4.69) is 26.8 Å². The first-order valence-electron chi connectivity index (χ1n) is 9.41. The number of aromatic hydroxyl groups is 1. The second-order valence-corrected chi connectivity index (χ2v) is 8.87. The molecule has 0 amide bonds.